The van der Waals surface area contributed by atoms with Crippen molar-refractivity contribution in [2.24, 2.45) is 0 Å². The maximum Gasteiger partial charge on any atom is 0.335 e. The van der Waals surface area contributed by atoms with Gasteiger partial charge < -0.3 is 14.6 Å². The Hall–Kier alpha value is -0.610. The standard InChI is InChI=1S/C8H14O4/c1-8(2)6(9)4-5(12-8)7(10)11-3/h5-6,9H,4H2,1-3H3. The summed E-state index contributed by atoms with van der Waals surface area (Å²) in [5, 5.41) is 9.44. The third-order valence-electron chi connectivity index (χ3n) is 2.15. The Bertz CT molecular complexity index is 187. The van der Waals surface area contributed by atoms with Gasteiger partial charge in [0.1, 0.15) is 0 Å². The van der Waals surface area contributed by atoms with Crippen LogP contribution in [-0.4, -0.2) is 36.0 Å². The molecule has 0 spiro atoms. The van der Waals surface area contributed by atoms with Crippen LogP contribution in [0.15, 0.2) is 0 Å². The van der Waals surface area contributed by atoms with E-state index >= 15 is 0 Å². The van der Waals surface area contributed by atoms with Crippen LogP contribution >= 0.6 is 0 Å². The molecule has 1 aliphatic heterocycles. The van der Waals surface area contributed by atoms with E-state index in [9.17, 15) is 9.90 Å². The number of aliphatic hydroxyl groups excluding tert-OH is 1. The van der Waals surface area contributed by atoms with Gasteiger partial charge in [-0.3, -0.25) is 0 Å². The summed E-state index contributed by atoms with van der Waals surface area (Å²) in [7, 11) is 1.31. The Morgan fingerprint density at radius 2 is 2.25 bits per heavy atom. The Labute approximate surface area is 71.5 Å². The minimum Gasteiger partial charge on any atom is -0.467 e. The summed E-state index contributed by atoms with van der Waals surface area (Å²) < 4.78 is 9.79. The largest absolute Gasteiger partial charge is 0.467 e. The second kappa shape index (κ2) is 3.03. The Morgan fingerprint density at radius 3 is 2.58 bits per heavy atom. The van der Waals surface area contributed by atoms with E-state index in [0.29, 0.717) is 6.42 Å². The summed E-state index contributed by atoms with van der Waals surface area (Å²) in [6.45, 7) is 3.50. The topological polar surface area (TPSA) is 55.8 Å². The van der Waals surface area contributed by atoms with Crippen molar-refractivity contribution >= 4 is 5.97 Å². The highest BCUT2D eigenvalue weighted by molar-refractivity contribution is 5.75. The lowest BCUT2D eigenvalue weighted by Crippen LogP contribution is -2.32. The molecule has 1 rings (SSSR count). The molecule has 12 heavy (non-hydrogen) atoms. The first kappa shape index (κ1) is 9.48. The SMILES string of the molecule is COC(=O)C1CC(O)C(C)(C)O1. The molecule has 0 radical (unpaired) electrons. The van der Waals surface area contributed by atoms with Crippen molar-refractivity contribution in [3.63, 3.8) is 0 Å². The van der Waals surface area contributed by atoms with E-state index in [4.69, 9.17) is 4.74 Å². The molecule has 1 N–H and O–H groups in total. The van der Waals surface area contributed by atoms with Crippen LogP contribution in [0.2, 0.25) is 0 Å². The first-order valence-corrected chi connectivity index (χ1v) is 3.91. The molecule has 0 aromatic heterocycles. The van der Waals surface area contributed by atoms with Crippen LogP contribution in [0, 0.1) is 0 Å². The van der Waals surface area contributed by atoms with Gasteiger partial charge in [-0.15, -0.1) is 0 Å². The first-order valence-electron chi connectivity index (χ1n) is 3.91. The van der Waals surface area contributed by atoms with Crippen LogP contribution in [-0.2, 0) is 14.3 Å². The van der Waals surface area contributed by atoms with Crippen LogP contribution < -0.4 is 0 Å². The van der Waals surface area contributed by atoms with E-state index in [1.807, 2.05) is 0 Å². The molecular weight excluding hydrogens is 160 g/mol. The number of ether oxygens (including phenoxy) is 2. The molecule has 0 amide bonds. The fourth-order valence-electron chi connectivity index (χ4n) is 1.26. The van der Waals surface area contributed by atoms with Gasteiger partial charge >= 0.3 is 5.97 Å². The lowest BCUT2D eigenvalue weighted by atomic mass is 10.0. The summed E-state index contributed by atoms with van der Waals surface area (Å²) in [6, 6.07) is 0. The number of methoxy groups -OCH3 is 1. The van der Waals surface area contributed by atoms with Gasteiger partial charge in [-0.25, -0.2) is 4.79 Å². The van der Waals surface area contributed by atoms with Crippen molar-refractivity contribution < 1.29 is 19.4 Å². The van der Waals surface area contributed by atoms with Crippen LogP contribution in [0.25, 0.3) is 0 Å². The maximum absolute atomic E-state index is 11.0. The van der Waals surface area contributed by atoms with Gasteiger partial charge in [0.05, 0.1) is 18.8 Å². The average Bonchev–Trinajstić information content (AvgIpc) is 2.25. The second-order valence-corrected chi connectivity index (χ2v) is 3.48. The molecule has 0 aromatic carbocycles. The molecule has 1 fully saturated rings. The predicted octanol–water partition coefficient (Wildman–Crippen LogP) is 0.0878. The summed E-state index contributed by atoms with van der Waals surface area (Å²) in [4.78, 5) is 11.0. The lowest BCUT2D eigenvalue weighted by Gasteiger charge is -2.21. The Balaban J connectivity index is 2.60. The number of carbonyl (C=O) groups is 1. The molecule has 0 bridgehead atoms. The van der Waals surface area contributed by atoms with E-state index in [0.717, 1.165) is 0 Å². The molecule has 4 nitrogen and oxygen atoms in total. The van der Waals surface area contributed by atoms with Crippen molar-refractivity contribution in [1.82, 2.24) is 0 Å². The van der Waals surface area contributed by atoms with Crippen molar-refractivity contribution in [1.29, 1.82) is 0 Å². The fraction of sp³-hybridized carbons (Fsp3) is 0.875. The zero-order valence-corrected chi connectivity index (χ0v) is 7.53. The molecule has 2 unspecified atom stereocenters. The van der Waals surface area contributed by atoms with E-state index in [-0.39, 0.29) is 0 Å². The minimum absolute atomic E-state index is 0.319. The highest BCUT2D eigenvalue weighted by Crippen LogP contribution is 2.30. The zero-order valence-electron chi connectivity index (χ0n) is 7.53. The van der Waals surface area contributed by atoms with E-state index in [1.54, 1.807) is 13.8 Å². The van der Waals surface area contributed by atoms with E-state index in [2.05, 4.69) is 4.74 Å². The van der Waals surface area contributed by atoms with Crippen molar-refractivity contribution in [3.8, 4) is 0 Å². The van der Waals surface area contributed by atoms with Gasteiger partial charge in [-0.1, -0.05) is 0 Å². The number of carbonyl (C=O) groups excluding carboxylic acids is 1. The number of rotatable bonds is 1. The molecule has 70 valence electrons. The Morgan fingerprint density at radius 1 is 1.67 bits per heavy atom. The van der Waals surface area contributed by atoms with Crippen LogP contribution in [0.1, 0.15) is 20.3 Å². The van der Waals surface area contributed by atoms with E-state index in [1.165, 1.54) is 7.11 Å². The molecule has 0 aromatic rings. The molecule has 0 aliphatic carbocycles. The minimum atomic E-state index is -0.640. The quantitative estimate of drug-likeness (QED) is 0.572. The van der Waals surface area contributed by atoms with Gasteiger partial charge in [-0.2, -0.15) is 0 Å². The fourth-order valence-corrected chi connectivity index (χ4v) is 1.26. The third-order valence-corrected chi connectivity index (χ3v) is 2.15. The third kappa shape index (κ3) is 1.59. The average molecular weight is 174 g/mol. The van der Waals surface area contributed by atoms with Crippen molar-refractivity contribution in [3.05, 3.63) is 0 Å². The van der Waals surface area contributed by atoms with Gasteiger partial charge in [0.25, 0.3) is 0 Å². The molecule has 1 aliphatic rings. The number of hydrogen-bond donors (Lipinski definition) is 1. The number of esters is 1. The highest BCUT2D eigenvalue weighted by atomic mass is 16.6. The van der Waals surface area contributed by atoms with Crippen LogP contribution in [0.4, 0.5) is 0 Å². The molecular formula is C8H14O4. The zero-order chi connectivity index (χ0) is 9.35. The van der Waals surface area contributed by atoms with E-state index < -0.39 is 23.8 Å². The summed E-state index contributed by atoms with van der Waals surface area (Å²) in [6.07, 6.45) is -0.888. The van der Waals surface area contributed by atoms with Crippen molar-refractivity contribution in [2.75, 3.05) is 7.11 Å². The predicted molar refractivity (Wildman–Crippen MR) is 41.6 cm³/mol. The summed E-state index contributed by atoms with van der Waals surface area (Å²) in [5.41, 5.74) is -0.640. The molecule has 4 heteroatoms. The smallest absolute Gasteiger partial charge is 0.335 e. The highest BCUT2D eigenvalue weighted by Gasteiger charge is 2.43. The van der Waals surface area contributed by atoms with Gasteiger partial charge in [0.15, 0.2) is 6.10 Å². The normalized spacial score (nSPS) is 33.3. The molecule has 1 saturated heterocycles. The van der Waals surface area contributed by atoms with Gasteiger partial charge in [0.2, 0.25) is 0 Å². The summed E-state index contributed by atoms with van der Waals surface area (Å²) >= 11 is 0. The summed E-state index contributed by atoms with van der Waals surface area (Å²) in [5.74, 6) is -0.417. The molecule has 2 atom stereocenters. The number of hydrogen-bond acceptors (Lipinski definition) is 4. The first-order chi connectivity index (χ1) is 5.47. The lowest BCUT2D eigenvalue weighted by molar-refractivity contribution is -0.157. The van der Waals surface area contributed by atoms with Gasteiger partial charge in [0, 0.05) is 6.42 Å². The van der Waals surface area contributed by atoms with Crippen molar-refractivity contribution in [2.45, 2.75) is 38.1 Å². The van der Waals surface area contributed by atoms with Crippen LogP contribution in [0.3, 0.4) is 0 Å². The second-order valence-electron chi connectivity index (χ2n) is 3.48. The molecule has 0 saturated carbocycles. The number of aliphatic hydroxyl groups is 1. The molecule has 1 heterocycles. The van der Waals surface area contributed by atoms with Crippen LogP contribution in [0.5, 0.6) is 0 Å². The van der Waals surface area contributed by atoms with Gasteiger partial charge in [-0.05, 0) is 13.8 Å². The monoisotopic (exact) mass is 174 g/mol. The Kier molecular flexibility index (Phi) is 2.39. The maximum atomic E-state index is 11.0.